The minimum atomic E-state index is 0.615. The van der Waals surface area contributed by atoms with Crippen molar-refractivity contribution in [2.75, 3.05) is 19.0 Å². The van der Waals surface area contributed by atoms with Crippen molar-refractivity contribution in [3.05, 3.63) is 41.8 Å². The summed E-state index contributed by atoms with van der Waals surface area (Å²) in [6, 6.07) is 11.8. The van der Waals surface area contributed by atoms with E-state index in [9.17, 15) is 0 Å². The van der Waals surface area contributed by atoms with Gasteiger partial charge in [0, 0.05) is 12.3 Å². The monoisotopic (exact) mass is 375 g/mol. The van der Waals surface area contributed by atoms with E-state index < -0.39 is 0 Å². The predicted octanol–water partition coefficient (Wildman–Crippen LogP) is 4.60. The van der Waals surface area contributed by atoms with Crippen LogP contribution in [-0.2, 0) is 6.54 Å². The minimum Gasteiger partial charge on any atom is -0.494 e. The van der Waals surface area contributed by atoms with E-state index in [4.69, 9.17) is 9.47 Å². The normalized spacial score (nSPS) is 10.8. The number of thiophene rings is 1. The van der Waals surface area contributed by atoms with Crippen molar-refractivity contribution in [2.45, 2.75) is 25.5 Å². The molecule has 0 spiro atoms. The summed E-state index contributed by atoms with van der Waals surface area (Å²) in [6.07, 6.45) is 0. The first kappa shape index (κ1) is 17.8. The number of hydrogen-bond acceptors (Lipinski definition) is 6. The van der Waals surface area contributed by atoms with Crippen molar-refractivity contribution < 1.29 is 9.47 Å². The van der Waals surface area contributed by atoms with Crippen LogP contribution in [0.15, 0.2) is 46.9 Å². The van der Waals surface area contributed by atoms with Crippen LogP contribution in [0.3, 0.4) is 0 Å². The Hall–Kier alpha value is -1.99. The van der Waals surface area contributed by atoms with Gasteiger partial charge in [0.15, 0.2) is 11.0 Å². The molecule has 2 heterocycles. The maximum Gasteiger partial charge on any atom is 0.191 e. The highest BCUT2D eigenvalue weighted by atomic mass is 32.2. The summed E-state index contributed by atoms with van der Waals surface area (Å²) in [5.74, 6) is 3.46. The van der Waals surface area contributed by atoms with Gasteiger partial charge >= 0.3 is 0 Å². The molecule has 0 aliphatic carbocycles. The smallest absolute Gasteiger partial charge is 0.191 e. The quantitative estimate of drug-likeness (QED) is 0.404. The summed E-state index contributed by atoms with van der Waals surface area (Å²) in [5.41, 5.74) is 0. The highest BCUT2D eigenvalue weighted by molar-refractivity contribution is 7.99. The Morgan fingerprint density at radius 3 is 2.44 bits per heavy atom. The van der Waals surface area contributed by atoms with Crippen LogP contribution in [0.2, 0.25) is 0 Å². The van der Waals surface area contributed by atoms with Crippen LogP contribution in [-0.4, -0.2) is 33.7 Å². The Morgan fingerprint density at radius 1 is 1.04 bits per heavy atom. The van der Waals surface area contributed by atoms with Gasteiger partial charge in [-0.15, -0.1) is 21.5 Å². The SMILES string of the molecule is CCOc1ccc(OCCSc2nnc(-c3cccs3)n2CC)cc1. The number of thioether (sulfide) groups is 1. The summed E-state index contributed by atoms with van der Waals surface area (Å²) >= 11 is 3.35. The molecule has 0 amide bonds. The molecule has 1 aromatic carbocycles. The molecule has 0 unspecified atom stereocenters. The Bertz CT molecular complexity index is 770. The zero-order valence-electron chi connectivity index (χ0n) is 14.3. The molecule has 0 saturated heterocycles. The fourth-order valence-electron chi connectivity index (χ4n) is 2.36. The maximum absolute atomic E-state index is 5.78. The van der Waals surface area contributed by atoms with Crippen molar-refractivity contribution in [3.8, 4) is 22.2 Å². The summed E-state index contributed by atoms with van der Waals surface area (Å²) in [4.78, 5) is 1.15. The average Bonchev–Trinajstić information content (AvgIpc) is 3.29. The van der Waals surface area contributed by atoms with E-state index in [0.29, 0.717) is 13.2 Å². The molecule has 132 valence electrons. The van der Waals surface area contributed by atoms with Crippen molar-refractivity contribution in [2.24, 2.45) is 0 Å². The standard InChI is InChI=1S/C18H21N3O2S2/c1-3-21-17(16-6-5-12-24-16)19-20-18(21)25-13-11-23-15-9-7-14(8-10-15)22-4-2/h5-10,12H,3-4,11,13H2,1-2H3. The molecule has 0 radical (unpaired) electrons. The van der Waals surface area contributed by atoms with Crippen LogP contribution in [0.4, 0.5) is 0 Å². The fourth-order valence-corrected chi connectivity index (χ4v) is 3.90. The molecule has 0 aliphatic heterocycles. The van der Waals surface area contributed by atoms with E-state index in [-0.39, 0.29) is 0 Å². The van der Waals surface area contributed by atoms with E-state index in [1.807, 2.05) is 37.3 Å². The Balaban J connectivity index is 1.52. The summed E-state index contributed by atoms with van der Waals surface area (Å²) < 4.78 is 13.4. The topological polar surface area (TPSA) is 49.2 Å². The molecule has 25 heavy (non-hydrogen) atoms. The molecule has 3 rings (SSSR count). The molecule has 0 atom stereocenters. The second kappa shape index (κ2) is 8.92. The van der Waals surface area contributed by atoms with Crippen LogP contribution in [0, 0.1) is 0 Å². The van der Waals surface area contributed by atoms with Gasteiger partial charge in [0.25, 0.3) is 0 Å². The van der Waals surface area contributed by atoms with E-state index >= 15 is 0 Å². The van der Waals surface area contributed by atoms with Gasteiger partial charge in [0.05, 0.1) is 18.1 Å². The second-order valence-electron chi connectivity index (χ2n) is 5.13. The third-order valence-electron chi connectivity index (χ3n) is 3.49. The number of ether oxygens (including phenoxy) is 2. The van der Waals surface area contributed by atoms with Gasteiger partial charge < -0.3 is 14.0 Å². The number of rotatable bonds is 9. The first-order valence-electron chi connectivity index (χ1n) is 8.27. The molecule has 0 N–H and O–H groups in total. The van der Waals surface area contributed by atoms with Gasteiger partial charge in [-0.1, -0.05) is 17.8 Å². The highest BCUT2D eigenvalue weighted by Crippen LogP contribution is 2.27. The van der Waals surface area contributed by atoms with Gasteiger partial charge in [-0.2, -0.15) is 0 Å². The molecule has 0 bridgehead atoms. The predicted molar refractivity (Wildman–Crippen MR) is 103 cm³/mol. The van der Waals surface area contributed by atoms with Crippen LogP contribution in [0.25, 0.3) is 10.7 Å². The van der Waals surface area contributed by atoms with E-state index in [1.165, 1.54) is 0 Å². The number of nitrogens with zero attached hydrogens (tertiary/aromatic N) is 3. The van der Waals surface area contributed by atoms with Gasteiger partial charge in [-0.3, -0.25) is 0 Å². The van der Waals surface area contributed by atoms with Gasteiger partial charge in [0.2, 0.25) is 0 Å². The third kappa shape index (κ3) is 4.55. The molecule has 2 aromatic heterocycles. The van der Waals surface area contributed by atoms with E-state index in [1.54, 1.807) is 23.1 Å². The molecule has 0 saturated carbocycles. The zero-order valence-corrected chi connectivity index (χ0v) is 16.0. The van der Waals surface area contributed by atoms with Gasteiger partial charge in [-0.25, -0.2) is 0 Å². The van der Waals surface area contributed by atoms with Crippen molar-refractivity contribution >= 4 is 23.1 Å². The largest absolute Gasteiger partial charge is 0.494 e. The van der Waals surface area contributed by atoms with Crippen LogP contribution in [0.5, 0.6) is 11.5 Å². The average molecular weight is 376 g/mol. The van der Waals surface area contributed by atoms with Gasteiger partial charge in [-0.05, 0) is 49.6 Å². The van der Waals surface area contributed by atoms with E-state index in [0.717, 1.165) is 39.7 Å². The first-order valence-corrected chi connectivity index (χ1v) is 10.1. The molecule has 5 nitrogen and oxygen atoms in total. The molecule has 0 fully saturated rings. The molecule has 0 aliphatic rings. The zero-order chi connectivity index (χ0) is 17.5. The van der Waals surface area contributed by atoms with Crippen molar-refractivity contribution in [1.82, 2.24) is 14.8 Å². The third-order valence-corrected chi connectivity index (χ3v) is 5.29. The summed E-state index contributed by atoms with van der Waals surface area (Å²) in [6.45, 7) is 6.22. The number of aromatic nitrogens is 3. The summed E-state index contributed by atoms with van der Waals surface area (Å²) in [7, 11) is 0. The first-order chi connectivity index (χ1) is 12.3. The lowest BCUT2D eigenvalue weighted by Gasteiger charge is -2.08. The van der Waals surface area contributed by atoms with Crippen molar-refractivity contribution in [3.63, 3.8) is 0 Å². The van der Waals surface area contributed by atoms with Gasteiger partial charge in [0.1, 0.15) is 11.5 Å². The van der Waals surface area contributed by atoms with Crippen LogP contribution < -0.4 is 9.47 Å². The lowest BCUT2D eigenvalue weighted by Crippen LogP contribution is -2.03. The number of hydrogen-bond donors (Lipinski definition) is 0. The Kier molecular flexibility index (Phi) is 6.36. The molecule has 7 heteroatoms. The van der Waals surface area contributed by atoms with E-state index in [2.05, 4.69) is 33.1 Å². The Labute approximate surface area is 156 Å². The molecular weight excluding hydrogens is 354 g/mol. The minimum absolute atomic E-state index is 0.615. The summed E-state index contributed by atoms with van der Waals surface area (Å²) in [5, 5.41) is 11.7. The van der Waals surface area contributed by atoms with Crippen molar-refractivity contribution in [1.29, 1.82) is 0 Å². The maximum atomic E-state index is 5.78. The lowest BCUT2D eigenvalue weighted by molar-refractivity contribution is 0.332. The van der Waals surface area contributed by atoms with Crippen LogP contribution >= 0.6 is 23.1 Å². The van der Waals surface area contributed by atoms with Crippen LogP contribution in [0.1, 0.15) is 13.8 Å². The molecular formula is C18H21N3O2S2. The highest BCUT2D eigenvalue weighted by Gasteiger charge is 2.13. The fraction of sp³-hybridized carbons (Fsp3) is 0.333. The lowest BCUT2D eigenvalue weighted by atomic mass is 10.3. The number of benzene rings is 1. The Morgan fingerprint density at radius 2 is 1.80 bits per heavy atom. The molecule has 3 aromatic rings. The second-order valence-corrected chi connectivity index (χ2v) is 7.14.